The first-order chi connectivity index (χ1) is 14.5. The van der Waals surface area contributed by atoms with Gasteiger partial charge in [0.25, 0.3) is 5.91 Å². The van der Waals surface area contributed by atoms with Crippen LogP contribution in [0.3, 0.4) is 0 Å². The van der Waals surface area contributed by atoms with Crippen molar-refractivity contribution in [2.24, 2.45) is 0 Å². The van der Waals surface area contributed by atoms with Gasteiger partial charge in [0.15, 0.2) is 11.5 Å². The number of nitrogens with zero attached hydrogens (tertiary/aromatic N) is 2. The van der Waals surface area contributed by atoms with Crippen molar-refractivity contribution in [2.75, 3.05) is 0 Å². The number of hydrogen-bond acceptors (Lipinski definition) is 4. The van der Waals surface area contributed by atoms with Gasteiger partial charge in [-0.05, 0) is 55.8 Å². The first-order valence-corrected chi connectivity index (χ1v) is 9.84. The Morgan fingerprint density at radius 3 is 2.73 bits per heavy atom. The smallest absolute Gasteiger partial charge is 0.251 e. The first-order valence-electron chi connectivity index (χ1n) is 9.84. The van der Waals surface area contributed by atoms with Crippen molar-refractivity contribution < 1.29 is 13.6 Å². The molecule has 2 aromatic carbocycles. The van der Waals surface area contributed by atoms with Crippen molar-refractivity contribution in [3.63, 3.8) is 0 Å². The van der Waals surface area contributed by atoms with E-state index in [-0.39, 0.29) is 24.2 Å². The van der Waals surface area contributed by atoms with Crippen LogP contribution in [0.2, 0.25) is 0 Å². The highest BCUT2D eigenvalue weighted by atomic mass is 19.1. The minimum Gasteiger partial charge on any atom is -0.440 e. The summed E-state index contributed by atoms with van der Waals surface area (Å²) in [6.07, 6.45) is 0.897. The molecule has 0 saturated heterocycles. The second-order valence-electron chi connectivity index (χ2n) is 7.41. The number of benzene rings is 2. The second-order valence-corrected chi connectivity index (χ2v) is 7.41. The molecule has 0 fully saturated rings. The van der Waals surface area contributed by atoms with E-state index in [9.17, 15) is 9.18 Å². The summed E-state index contributed by atoms with van der Waals surface area (Å²) in [5, 5.41) is 2.99. The summed E-state index contributed by atoms with van der Waals surface area (Å²) in [4.78, 5) is 21.5. The SMILES string of the molecule is Cc1cccc(C[C@H](C)NC(=O)c2ccc3nc(Cc4ccccc4F)oc3c2)n1. The Balaban J connectivity index is 1.46. The van der Waals surface area contributed by atoms with E-state index in [1.165, 1.54) is 6.07 Å². The highest BCUT2D eigenvalue weighted by Gasteiger charge is 2.14. The van der Waals surface area contributed by atoms with E-state index in [2.05, 4.69) is 15.3 Å². The van der Waals surface area contributed by atoms with Crippen LogP contribution in [-0.2, 0) is 12.8 Å². The number of hydrogen-bond donors (Lipinski definition) is 1. The van der Waals surface area contributed by atoms with Crippen molar-refractivity contribution in [2.45, 2.75) is 32.7 Å². The van der Waals surface area contributed by atoms with E-state index in [0.717, 1.165) is 11.4 Å². The van der Waals surface area contributed by atoms with Crippen LogP contribution >= 0.6 is 0 Å². The van der Waals surface area contributed by atoms with Crippen LogP contribution in [0.4, 0.5) is 4.39 Å². The first kappa shape index (κ1) is 19.8. The molecule has 0 unspecified atom stereocenters. The van der Waals surface area contributed by atoms with Gasteiger partial charge in [-0.1, -0.05) is 24.3 Å². The molecule has 0 aliphatic carbocycles. The topological polar surface area (TPSA) is 68.0 Å². The van der Waals surface area contributed by atoms with Crippen molar-refractivity contribution >= 4 is 17.0 Å². The van der Waals surface area contributed by atoms with Gasteiger partial charge in [-0.15, -0.1) is 0 Å². The molecule has 2 heterocycles. The van der Waals surface area contributed by atoms with E-state index < -0.39 is 0 Å². The molecular weight excluding hydrogens is 381 g/mol. The van der Waals surface area contributed by atoms with Crippen LogP contribution in [0.1, 0.15) is 40.1 Å². The number of fused-ring (bicyclic) bond motifs is 1. The Bertz CT molecular complexity index is 1200. The van der Waals surface area contributed by atoms with Gasteiger partial charge in [-0.2, -0.15) is 0 Å². The highest BCUT2D eigenvalue weighted by molar-refractivity contribution is 5.97. The third-order valence-electron chi connectivity index (χ3n) is 4.83. The zero-order valence-corrected chi connectivity index (χ0v) is 16.9. The Morgan fingerprint density at radius 2 is 1.93 bits per heavy atom. The van der Waals surface area contributed by atoms with E-state index in [0.29, 0.717) is 34.5 Å². The molecule has 1 N–H and O–H groups in total. The number of carbonyl (C=O) groups is 1. The summed E-state index contributed by atoms with van der Waals surface area (Å²) in [5.41, 5.74) is 4.02. The zero-order chi connectivity index (χ0) is 21.1. The van der Waals surface area contributed by atoms with Crippen molar-refractivity contribution in [3.05, 3.63) is 94.9 Å². The van der Waals surface area contributed by atoms with Gasteiger partial charge in [0, 0.05) is 29.4 Å². The molecule has 1 atom stereocenters. The maximum atomic E-state index is 13.9. The fourth-order valence-corrected chi connectivity index (χ4v) is 3.38. The van der Waals surface area contributed by atoms with Crippen molar-refractivity contribution in [3.8, 4) is 0 Å². The summed E-state index contributed by atoms with van der Waals surface area (Å²) in [6.45, 7) is 3.89. The maximum absolute atomic E-state index is 13.9. The Labute approximate surface area is 174 Å². The molecule has 4 rings (SSSR count). The third-order valence-corrected chi connectivity index (χ3v) is 4.83. The van der Waals surface area contributed by atoms with E-state index in [1.807, 2.05) is 32.0 Å². The fraction of sp³-hybridized carbons (Fsp3) is 0.208. The normalized spacial score (nSPS) is 12.1. The van der Waals surface area contributed by atoms with Gasteiger partial charge in [0.2, 0.25) is 0 Å². The number of rotatable bonds is 6. The third kappa shape index (κ3) is 4.54. The zero-order valence-electron chi connectivity index (χ0n) is 16.9. The van der Waals surface area contributed by atoms with Crippen LogP contribution in [0, 0.1) is 12.7 Å². The summed E-state index contributed by atoms with van der Waals surface area (Å²) >= 11 is 0. The second kappa shape index (κ2) is 8.45. The Morgan fingerprint density at radius 1 is 1.10 bits per heavy atom. The lowest BCUT2D eigenvalue weighted by atomic mass is 10.1. The summed E-state index contributed by atoms with van der Waals surface area (Å²) in [6, 6.07) is 17.4. The lowest BCUT2D eigenvalue weighted by Crippen LogP contribution is -2.34. The maximum Gasteiger partial charge on any atom is 0.251 e. The molecule has 6 heteroatoms. The molecule has 2 aromatic heterocycles. The van der Waals surface area contributed by atoms with Crippen LogP contribution in [-0.4, -0.2) is 21.9 Å². The predicted octanol–water partition coefficient (Wildman–Crippen LogP) is 4.62. The molecule has 0 bridgehead atoms. The quantitative estimate of drug-likeness (QED) is 0.510. The predicted molar refractivity (Wildman–Crippen MR) is 113 cm³/mol. The lowest BCUT2D eigenvalue weighted by molar-refractivity contribution is 0.0940. The van der Waals surface area contributed by atoms with Crippen LogP contribution < -0.4 is 5.32 Å². The number of oxazole rings is 1. The molecule has 152 valence electrons. The van der Waals surface area contributed by atoms with Gasteiger partial charge in [-0.25, -0.2) is 9.37 Å². The highest BCUT2D eigenvalue weighted by Crippen LogP contribution is 2.20. The van der Waals surface area contributed by atoms with Crippen LogP contribution in [0.5, 0.6) is 0 Å². The Hall–Kier alpha value is -3.54. The van der Waals surface area contributed by atoms with Gasteiger partial charge >= 0.3 is 0 Å². The standard InChI is InChI=1S/C24H22FN3O2/c1-15-6-5-8-19(26-15)12-16(2)27-24(29)18-10-11-21-22(13-18)30-23(28-21)14-17-7-3-4-9-20(17)25/h3-11,13,16H,12,14H2,1-2H3,(H,27,29)/t16-/m0/s1. The average molecular weight is 403 g/mol. The molecule has 1 amide bonds. The summed E-state index contributed by atoms with van der Waals surface area (Å²) < 4.78 is 19.6. The number of pyridine rings is 1. The van der Waals surface area contributed by atoms with Gasteiger partial charge in [0.05, 0.1) is 6.42 Å². The number of aromatic nitrogens is 2. The van der Waals surface area contributed by atoms with Crippen molar-refractivity contribution in [1.82, 2.24) is 15.3 Å². The van der Waals surface area contributed by atoms with Crippen LogP contribution in [0.25, 0.3) is 11.1 Å². The van der Waals surface area contributed by atoms with E-state index in [4.69, 9.17) is 4.42 Å². The largest absolute Gasteiger partial charge is 0.440 e. The molecule has 0 saturated carbocycles. The molecule has 4 aromatic rings. The number of carbonyl (C=O) groups excluding carboxylic acids is 1. The molecule has 30 heavy (non-hydrogen) atoms. The minimum absolute atomic E-state index is 0.0751. The molecular formula is C24H22FN3O2. The molecule has 0 spiro atoms. The van der Waals surface area contributed by atoms with Crippen LogP contribution in [0.15, 0.2) is 65.1 Å². The lowest BCUT2D eigenvalue weighted by Gasteiger charge is -2.13. The minimum atomic E-state index is -0.295. The van der Waals surface area contributed by atoms with Crippen molar-refractivity contribution in [1.29, 1.82) is 0 Å². The van der Waals surface area contributed by atoms with E-state index in [1.54, 1.807) is 36.4 Å². The number of halogens is 1. The van der Waals surface area contributed by atoms with E-state index >= 15 is 0 Å². The van der Waals surface area contributed by atoms with Gasteiger partial charge in [0.1, 0.15) is 11.3 Å². The number of nitrogens with one attached hydrogen (secondary N) is 1. The number of amides is 1. The Kier molecular flexibility index (Phi) is 5.57. The monoisotopic (exact) mass is 403 g/mol. The number of aryl methyl sites for hydroxylation is 1. The fourth-order valence-electron chi connectivity index (χ4n) is 3.38. The molecule has 0 radical (unpaired) electrons. The molecule has 5 nitrogen and oxygen atoms in total. The van der Waals surface area contributed by atoms with Gasteiger partial charge in [-0.3, -0.25) is 9.78 Å². The summed E-state index contributed by atoms with van der Waals surface area (Å²) in [7, 11) is 0. The molecule has 0 aliphatic rings. The average Bonchev–Trinajstić information content (AvgIpc) is 3.11. The molecule has 0 aliphatic heterocycles. The summed E-state index contributed by atoms with van der Waals surface area (Å²) in [5.74, 6) is -0.0763. The van der Waals surface area contributed by atoms with Gasteiger partial charge < -0.3 is 9.73 Å².